The maximum Gasteiger partial charge on any atom is 0.315 e. The third kappa shape index (κ3) is 4.64. The Kier molecular flexibility index (Phi) is 6.20. The predicted molar refractivity (Wildman–Crippen MR) is 103 cm³/mol. The maximum absolute atomic E-state index is 12.3. The highest BCUT2D eigenvalue weighted by Crippen LogP contribution is 2.27. The summed E-state index contributed by atoms with van der Waals surface area (Å²) < 4.78 is 4.53. The van der Waals surface area contributed by atoms with Crippen LogP contribution in [0.4, 0.5) is 10.5 Å². The Bertz CT molecular complexity index is 795. The molecule has 28 heavy (non-hydrogen) atoms. The standard InChI is InChI=1S/C18H22N6O4/c1-28-15(25)8-5-9-19-18(27)20-11-14-22-16-13(17(26)23-14)10-21-24(16)12-6-3-2-4-7-12/h2-4,6-7,10,13,16H,5,8-9,11H2,1H3,(H2,19,20,27)(H,22,23,26)/t13-,16-/m1/s1. The molecule has 3 amide bonds. The molecule has 2 heterocycles. The zero-order chi connectivity index (χ0) is 19.9. The second-order valence-electron chi connectivity index (χ2n) is 6.24. The number of urea groups is 1. The van der Waals surface area contributed by atoms with E-state index in [2.05, 4.69) is 30.8 Å². The van der Waals surface area contributed by atoms with Gasteiger partial charge in [0.2, 0.25) is 5.91 Å². The van der Waals surface area contributed by atoms with Gasteiger partial charge < -0.3 is 20.7 Å². The summed E-state index contributed by atoms with van der Waals surface area (Å²) in [4.78, 5) is 39.7. The van der Waals surface area contributed by atoms with Gasteiger partial charge in [0.15, 0.2) is 6.17 Å². The first-order valence-corrected chi connectivity index (χ1v) is 8.93. The third-order valence-corrected chi connectivity index (χ3v) is 4.29. The number of carbonyl (C=O) groups excluding carboxylic acids is 3. The van der Waals surface area contributed by atoms with Crippen molar-refractivity contribution in [1.82, 2.24) is 16.0 Å². The zero-order valence-electron chi connectivity index (χ0n) is 15.4. The molecular formula is C18H22N6O4. The van der Waals surface area contributed by atoms with Crippen LogP contribution in [0.3, 0.4) is 0 Å². The number of fused-ring (bicyclic) bond motifs is 1. The van der Waals surface area contributed by atoms with Crippen molar-refractivity contribution in [3.05, 3.63) is 30.3 Å². The molecule has 10 heteroatoms. The lowest BCUT2D eigenvalue weighted by Crippen LogP contribution is -2.52. The second kappa shape index (κ2) is 8.98. The minimum Gasteiger partial charge on any atom is -0.469 e. The van der Waals surface area contributed by atoms with Gasteiger partial charge in [0.05, 0.1) is 19.3 Å². The lowest BCUT2D eigenvalue weighted by atomic mass is 10.1. The molecule has 2 atom stereocenters. The summed E-state index contributed by atoms with van der Waals surface area (Å²) in [7, 11) is 1.32. The number of hydrogen-bond acceptors (Lipinski definition) is 7. The molecule has 2 aliphatic heterocycles. The fourth-order valence-electron chi connectivity index (χ4n) is 2.85. The Hall–Kier alpha value is -3.43. The van der Waals surface area contributed by atoms with Gasteiger partial charge in [0.1, 0.15) is 11.8 Å². The molecule has 0 radical (unpaired) electrons. The Morgan fingerprint density at radius 2 is 2.04 bits per heavy atom. The molecule has 0 unspecified atom stereocenters. The van der Waals surface area contributed by atoms with E-state index in [0.29, 0.717) is 18.8 Å². The highest BCUT2D eigenvalue weighted by molar-refractivity contribution is 6.09. The van der Waals surface area contributed by atoms with Crippen molar-refractivity contribution >= 4 is 35.6 Å². The minimum atomic E-state index is -0.476. The molecule has 0 aliphatic carbocycles. The number of esters is 1. The van der Waals surface area contributed by atoms with E-state index in [0.717, 1.165) is 5.69 Å². The average Bonchev–Trinajstić information content (AvgIpc) is 3.14. The number of para-hydroxylation sites is 1. The lowest BCUT2D eigenvalue weighted by molar-refractivity contribution is -0.140. The number of rotatable bonds is 7. The van der Waals surface area contributed by atoms with Gasteiger partial charge in [-0.25, -0.2) is 14.8 Å². The fourth-order valence-corrected chi connectivity index (χ4v) is 2.85. The number of methoxy groups -OCH3 is 1. The number of nitrogens with one attached hydrogen (secondary N) is 3. The molecule has 3 rings (SSSR count). The molecule has 0 fully saturated rings. The molecule has 0 saturated heterocycles. The summed E-state index contributed by atoms with van der Waals surface area (Å²) in [6, 6.07) is 9.04. The van der Waals surface area contributed by atoms with Gasteiger partial charge >= 0.3 is 12.0 Å². The summed E-state index contributed by atoms with van der Waals surface area (Å²) in [5.41, 5.74) is 0.834. The van der Waals surface area contributed by atoms with E-state index >= 15 is 0 Å². The molecule has 0 spiro atoms. The number of hydrazone groups is 1. The Morgan fingerprint density at radius 1 is 1.25 bits per heavy atom. The Balaban J connectivity index is 1.52. The van der Waals surface area contributed by atoms with Gasteiger partial charge in [-0.2, -0.15) is 5.10 Å². The topological polar surface area (TPSA) is 124 Å². The molecule has 1 aromatic carbocycles. The van der Waals surface area contributed by atoms with E-state index in [4.69, 9.17) is 0 Å². The van der Waals surface area contributed by atoms with Gasteiger partial charge in [-0.05, 0) is 18.6 Å². The van der Waals surface area contributed by atoms with Crippen LogP contribution in [0, 0.1) is 5.92 Å². The van der Waals surface area contributed by atoms with Crippen molar-refractivity contribution in [3.8, 4) is 0 Å². The SMILES string of the molecule is COC(=O)CCCNC(=O)NCC1=N[C@H]2[C@@H](C=NN2c2ccccc2)C(=O)N1. The molecular weight excluding hydrogens is 364 g/mol. The number of amidine groups is 1. The highest BCUT2D eigenvalue weighted by atomic mass is 16.5. The molecule has 0 bridgehead atoms. The Labute approximate surface area is 162 Å². The quantitative estimate of drug-likeness (QED) is 0.457. The van der Waals surface area contributed by atoms with Crippen molar-refractivity contribution < 1.29 is 19.1 Å². The van der Waals surface area contributed by atoms with Crippen molar-refractivity contribution in [2.24, 2.45) is 16.0 Å². The van der Waals surface area contributed by atoms with Crippen molar-refractivity contribution in [1.29, 1.82) is 0 Å². The van der Waals surface area contributed by atoms with Crippen LogP contribution in [0.1, 0.15) is 12.8 Å². The van der Waals surface area contributed by atoms with Crippen molar-refractivity contribution in [3.63, 3.8) is 0 Å². The minimum absolute atomic E-state index is 0.0699. The van der Waals surface area contributed by atoms with E-state index in [1.54, 1.807) is 11.2 Å². The van der Waals surface area contributed by atoms with Crippen LogP contribution in [0.5, 0.6) is 0 Å². The van der Waals surface area contributed by atoms with Crippen LogP contribution in [0.2, 0.25) is 0 Å². The zero-order valence-corrected chi connectivity index (χ0v) is 15.4. The number of nitrogens with zero attached hydrogens (tertiary/aromatic N) is 3. The summed E-state index contributed by atoms with van der Waals surface area (Å²) in [6.45, 7) is 0.403. The normalized spacial score (nSPS) is 20.1. The molecule has 2 aliphatic rings. The number of anilines is 1. The number of ether oxygens (including phenoxy) is 1. The first-order valence-electron chi connectivity index (χ1n) is 8.93. The largest absolute Gasteiger partial charge is 0.469 e. The van der Waals surface area contributed by atoms with E-state index < -0.39 is 18.1 Å². The highest BCUT2D eigenvalue weighted by Gasteiger charge is 2.40. The van der Waals surface area contributed by atoms with Gasteiger partial charge in [-0.3, -0.25) is 9.59 Å². The molecule has 148 valence electrons. The summed E-state index contributed by atoms with van der Waals surface area (Å²) in [5.74, 6) is -0.645. The van der Waals surface area contributed by atoms with Gasteiger partial charge in [-0.1, -0.05) is 18.2 Å². The van der Waals surface area contributed by atoms with Crippen LogP contribution < -0.4 is 21.0 Å². The second-order valence-corrected chi connectivity index (χ2v) is 6.24. The Morgan fingerprint density at radius 3 is 2.79 bits per heavy atom. The van der Waals surface area contributed by atoms with Gasteiger partial charge in [0.25, 0.3) is 0 Å². The fraction of sp³-hybridized carbons (Fsp3) is 0.389. The smallest absolute Gasteiger partial charge is 0.315 e. The van der Waals surface area contributed by atoms with E-state index in [9.17, 15) is 14.4 Å². The first-order chi connectivity index (χ1) is 13.6. The molecule has 0 saturated carbocycles. The number of amides is 3. The van der Waals surface area contributed by atoms with Crippen LogP contribution in [0.15, 0.2) is 40.4 Å². The monoisotopic (exact) mass is 386 g/mol. The third-order valence-electron chi connectivity index (χ3n) is 4.29. The summed E-state index contributed by atoms with van der Waals surface area (Å²) in [6.07, 6.45) is 1.81. The van der Waals surface area contributed by atoms with E-state index in [1.165, 1.54) is 7.11 Å². The van der Waals surface area contributed by atoms with E-state index in [1.807, 2.05) is 30.3 Å². The number of carbonyl (C=O) groups is 3. The van der Waals surface area contributed by atoms with Gasteiger partial charge in [0, 0.05) is 19.2 Å². The van der Waals surface area contributed by atoms with Gasteiger partial charge in [-0.15, -0.1) is 0 Å². The summed E-state index contributed by atoms with van der Waals surface area (Å²) in [5, 5.41) is 14.0. The number of aliphatic imine (C=N–C) groups is 1. The van der Waals surface area contributed by atoms with Crippen molar-refractivity contribution in [2.45, 2.75) is 19.0 Å². The first kappa shape index (κ1) is 19.3. The lowest BCUT2D eigenvalue weighted by Gasteiger charge is -2.28. The van der Waals surface area contributed by atoms with Crippen LogP contribution in [-0.2, 0) is 14.3 Å². The van der Waals surface area contributed by atoms with E-state index in [-0.39, 0.29) is 24.8 Å². The van der Waals surface area contributed by atoms with Crippen molar-refractivity contribution in [2.75, 3.05) is 25.2 Å². The maximum atomic E-state index is 12.3. The molecule has 1 aromatic rings. The molecule has 3 N–H and O–H groups in total. The molecule has 10 nitrogen and oxygen atoms in total. The summed E-state index contributed by atoms with van der Waals surface area (Å²) >= 11 is 0. The predicted octanol–water partition coefficient (Wildman–Crippen LogP) is 0.215. The number of benzene rings is 1. The van der Waals surface area contributed by atoms with Crippen LogP contribution in [0.25, 0.3) is 0 Å². The number of hydrogen-bond donors (Lipinski definition) is 3. The molecule has 0 aromatic heterocycles. The average molecular weight is 386 g/mol. The van der Waals surface area contributed by atoms with Crippen LogP contribution in [-0.4, -0.2) is 56.3 Å². The van der Waals surface area contributed by atoms with Crippen LogP contribution >= 0.6 is 0 Å².